The van der Waals surface area contributed by atoms with Gasteiger partial charge in [-0.2, -0.15) is 0 Å². The lowest BCUT2D eigenvalue weighted by Crippen LogP contribution is -1.86. The number of hydrogen-bond acceptors (Lipinski definition) is 2. The Balaban J connectivity index is 2.08. The molecular weight excluding hydrogens is 216 g/mol. The summed E-state index contributed by atoms with van der Waals surface area (Å²) in [6.45, 7) is 2.20. The zero-order valence-corrected chi connectivity index (χ0v) is 10.5. The zero-order valence-electron chi connectivity index (χ0n) is 9.69. The molecule has 2 rings (SSSR count). The molecule has 0 N–H and O–H groups in total. The molecule has 0 unspecified atom stereocenters. The van der Waals surface area contributed by atoms with Crippen molar-refractivity contribution >= 4 is 11.3 Å². The highest BCUT2D eigenvalue weighted by atomic mass is 32.1. The van der Waals surface area contributed by atoms with E-state index < -0.39 is 0 Å². The quantitative estimate of drug-likeness (QED) is 0.776. The SMILES string of the molecule is CCc1ccc(Cc2ccc(OC)cc2)s1. The van der Waals surface area contributed by atoms with Crippen LogP contribution in [-0.4, -0.2) is 7.11 Å². The first-order valence-electron chi connectivity index (χ1n) is 5.52. The summed E-state index contributed by atoms with van der Waals surface area (Å²) in [5.74, 6) is 0.921. The van der Waals surface area contributed by atoms with Crippen LogP contribution in [0.4, 0.5) is 0 Å². The van der Waals surface area contributed by atoms with Gasteiger partial charge in [0.25, 0.3) is 0 Å². The van der Waals surface area contributed by atoms with Gasteiger partial charge in [-0.15, -0.1) is 11.3 Å². The Hall–Kier alpha value is -1.28. The Labute approximate surface area is 101 Å². The smallest absolute Gasteiger partial charge is 0.118 e. The molecule has 0 aliphatic heterocycles. The van der Waals surface area contributed by atoms with Crippen molar-refractivity contribution in [2.45, 2.75) is 19.8 Å². The number of thiophene rings is 1. The summed E-state index contributed by atoms with van der Waals surface area (Å²) in [6.07, 6.45) is 2.15. The first-order valence-corrected chi connectivity index (χ1v) is 6.34. The lowest BCUT2D eigenvalue weighted by Gasteiger charge is -2.01. The van der Waals surface area contributed by atoms with Crippen LogP contribution >= 0.6 is 11.3 Å². The van der Waals surface area contributed by atoms with Crippen LogP contribution in [0.2, 0.25) is 0 Å². The van der Waals surface area contributed by atoms with Crippen LogP contribution in [0.25, 0.3) is 0 Å². The fourth-order valence-electron chi connectivity index (χ4n) is 1.65. The third-order valence-corrected chi connectivity index (χ3v) is 3.83. The highest BCUT2D eigenvalue weighted by Crippen LogP contribution is 2.21. The van der Waals surface area contributed by atoms with Crippen LogP contribution < -0.4 is 4.74 Å². The monoisotopic (exact) mass is 232 g/mol. The number of benzene rings is 1. The number of rotatable bonds is 4. The van der Waals surface area contributed by atoms with Gasteiger partial charge in [0.2, 0.25) is 0 Å². The molecule has 1 aromatic carbocycles. The van der Waals surface area contributed by atoms with Crippen molar-refractivity contribution < 1.29 is 4.74 Å². The molecule has 0 aliphatic rings. The normalized spacial score (nSPS) is 10.4. The molecular formula is C14H16OS. The first-order chi connectivity index (χ1) is 7.81. The van der Waals surface area contributed by atoms with Gasteiger partial charge < -0.3 is 4.74 Å². The lowest BCUT2D eigenvalue weighted by molar-refractivity contribution is 0.414. The molecule has 0 radical (unpaired) electrons. The number of aryl methyl sites for hydroxylation is 1. The summed E-state index contributed by atoms with van der Waals surface area (Å²) in [5.41, 5.74) is 1.34. The minimum atomic E-state index is 0.921. The van der Waals surface area contributed by atoms with Crippen molar-refractivity contribution in [3.8, 4) is 5.75 Å². The summed E-state index contributed by atoms with van der Waals surface area (Å²) in [6, 6.07) is 12.7. The minimum absolute atomic E-state index is 0.921. The average Bonchev–Trinajstić information content (AvgIpc) is 2.78. The Morgan fingerprint density at radius 1 is 1.00 bits per heavy atom. The predicted octanol–water partition coefficient (Wildman–Crippen LogP) is 3.91. The molecule has 2 aromatic rings. The minimum Gasteiger partial charge on any atom is -0.497 e. The Kier molecular flexibility index (Phi) is 3.62. The van der Waals surface area contributed by atoms with Crippen molar-refractivity contribution in [1.29, 1.82) is 0 Å². The van der Waals surface area contributed by atoms with E-state index in [2.05, 4.69) is 31.2 Å². The highest BCUT2D eigenvalue weighted by molar-refractivity contribution is 7.12. The molecule has 0 spiro atoms. The average molecular weight is 232 g/mol. The molecule has 84 valence electrons. The second kappa shape index (κ2) is 5.17. The Morgan fingerprint density at radius 2 is 1.69 bits per heavy atom. The van der Waals surface area contributed by atoms with E-state index in [1.54, 1.807) is 7.11 Å². The molecule has 1 heterocycles. The first kappa shape index (κ1) is 11.2. The van der Waals surface area contributed by atoms with Crippen molar-refractivity contribution in [1.82, 2.24) is 0 Å². The maximum absolute atomic E-state index is 5.14. The standard InChI is InChI=1S/C14H16OS/c1-3-13-8-9-14(16-13)10-11-4-6-12(15-2)7-5-11/h4-9H,3,10H2,1-2H3. The van der Waals surface area contributed by atoms with Crippen molar-refractivity contribution in [3.63, 3.8) is 0 Å². The molecule has 0 fully saturated rings. The van der Waals surface area contributed by atoms with Gasteiger partial charge in [0, 0.05) is 16.2 Å². The summed E-state index contributed by atoms with van der Waals surface area (Å²) < 4.78 is 5.14. The maximum atomic E-state index is 5.14. The number of methoxy groups -OCH3 is 1. The van der Waals surface area contributed by atoms with Gasteiger partial charge >= 0.3 is 0 Å². The van der Waals surface area contributed by atoms with E-state index >= 15 is 0 Å². The van der Waals surface area contributed by atoms with Gasteiger partial charge in [-0.1, -0.05) is 19.1 Å². The van der Waals surface area contributed by atoms with E-state index in [1.165, 1.54) is 15.3 Å². The third kappa shape index (κ3) is 2.64. The molecule has 0 bridgehead atoms. The van der Waals surface area contributed by atoms with E-state index in [0.29, 0.717) is 0 Å². The fourth-order valence-corrected chi connectivity index (χ4v) is 2.64. The summed E-state index contributed by atoms with van der Waals surface area (Å²) in [4.78, 5) is 2.89. The summed E-state index contributed by atoms with van der Waals surface area (Å²) in [7, 11) is 1.70. The van der Waals surface area contributed by atoms with E-state index in [4.69, 9.17) is 4.74 Å². The molecule has 0 atom stereocenters. The topological polar surface area (TPSA) is 9.23 Å². The molecule has 1 aromatic heterocycles. The van der Waals surface area contributed by atoms with Gasteiger partial charge in [-0.3, -0.25) is 0 Å². The van der Waals surface area contributed by atoms with Crippen molar-refractivity contribution in [2.75, 3.05) is 7.11 Å². The van der Waals surface area contributed by atoms with E-state index in [9.17, 15) is 0 Å². The fraction of sp³-hybridized carbons (Fsp3) is 0.286. The van der Waals surface area contributed by atoms with E-state index in [-0.39, 0.29) is 0 Å². The summed E-state index contributed by atoms with van der Waals surface area (Å²) in [5, 5.41) is 0. The van der Waals surface area contributed by atoms with Crippen molar-refractivity contribution in [3.05, 3.63) is 51.7 Å². The van der Waals surface area contributed by atoms with Gasteiger partial charge in [0.1, 0.15) is 5.75 Å². The maximum Gasteiger partial charge on any atom is 0.118 e. The third-order valence-electron chi connectivity index (χ3n) is 2.60. The zero-order chi connectivity index (χ0) is 11.4. The molecule has 2 heteroatoms. The molecule has 0 aliphatic carbocycles. The summed E-state index contributed by atoms with van der Waals surface area (Å²) >= 11 is 1.91. The molecule has 0 saturated carbocycles. The van der Waals surface area contributed by atoms with Gasteiger partial charge in [0.15, 0.2) is 0 Å². The van der Waals surface area contributed by atoms with Crippen LogP contribution in [0.15, 0.2) is 36.4 Å². The molecule has 0 saturated heterocycles. The van der Waals surface area contributed by atoms with Crippen molar-refractivity contribution in [2.24, 2.45) is 0 Å². The Morgan fingerprint density at radius 3 is 2.25 bits per heavy atom. The van der Waals surface area contributed by atoms with Gasteiger partial charge in [-0.05, 0) is 36.2 Å². The van der Waals surface area contributed by atoms with Crippen LogP contribution in [0.3, 0.4) is 0 Å². The second-order valence-corrected chi connectivity index (χ2v) is 5.00. The van der Waals surface area contributed by atoms with Crippen LogP contribution in [0.5, 0.6) is 5.75 Å². The largest absolute Gasteiger partial charge is 0.497 e. The number of hydrogen-bond donors (Lipinski definition) is 0. The molecule has 0 amide bonds. The predicted molar refractivity (Wildman–Crippen MR) is 69.5 cm³/mol. The highest BCUT2D eigenvalue weighted by Gasteiger charge is 2.00. The van der Waals surface area contributed by atoms with Crippen LogP contribution in [0, 0.1) is 0 Å². The van der Waals surface area contributed by atoms with E-state index in [0.717, 1.165) is 18.6 Å². The van der Waals surface area contributed by atoms with E-state index in [1.807, 2.05) is 23.5 Å². The van der Waals surface area contributed by atoms with Gasteiger partial charge in [-0.25, -0.2) is 0 Å². The number of ether oxygens (including phenoxy) is 1. The lowest BCUT2D eigenvalue weighted by atomic mass is 10.1. The molecule has 16 heavy (non-hydrogen) atoms. The van der Waals surface area contributed by atoms with Gasteiger partial charge in [0.05, 0.1) is 7.11 Å². The second-order valence-electron chi connectivity index (χ2n) is 3.75. The molecule has 1 nitrogen and oxygen atoms in total. The van der Waals surface area contributed by atoms with Crippen LogP contribution in [-0.2, 0) is 12.8 Å². The Bertz CT molecular complexity index is 442. The van der Waals surface area contributed by atoms with Crippen LogP contribution in [0.1, 0.15) is 22.2 Å².